The van der Waals surface area contributed by atoms with Gasteiger partial charge in [-0.3, -0.25) is 0 Å². The van der Waals surface area contributed by atoms with Crippen molar-refractivity contribution >= 4 is 28.0 Å². The van der Waals surface area contributed by atoms with Gasteiger partial charge < -0.3 is 9.64 Å². The molecule has 1 fully saturated rings. The number of hydrogen-bond donors (Lipinski definition) is 0. The van der Waals surface area contributed by atoms with Gasteiger partial charge in [-0.05, 0) is 65.7 Å². The predicted molar refractivity (Wildman–Crippen MR) is 125 cm³/mol. The van der Waals surface area contributed by atoms with Crippen LogP contribution >= 0.6 is 0 Å². The molecule has 0 aliphatic carbocycles. The molecule has 4 aromatic carbocycles. The van der Waals surface area contributed by atoms with Gasteiger partial charge in [0.1, 0.15) is 11.6 Å². The Bertz CT molecular complexity index is 1180. The summed E-state index contributed by atoms with van der Waals surface area (Å²) in [5, 5.41) is 2.54. The zero-order chi connectivity index (χ0) is 20.3. The van der Waals surface area contributed by atoms with Crippen LogP contribution in [0.5, 0.6) is 5.75 Å². The van der Waals surface area contributed by atoms with Gasteiger partial charge >= 0.3 is 0 Å². The largest absolute Gasteiger partial charge is 0.494 e. The molecule has 5 rings (SSSR count). The van der Waals surface area contributed by atoms with Gasteiger partial charge in [0.15, 0.2) is 0 Å². The lowest BCUT2D eigenvalue weighted by atomic mass is 9.91. The van der Waals surface area contributed by atoms with E-state index in [1.165, 1.54) is 16.3 Å². The Morgan fingerprint density at radius 3 is 2.33 bits per heavy atom. The monoisotopic (exact) mass is 392 g/mol. The molecule has 0 aromatic heterocycles. The Hall–Kier alpha value is -3.59. The van der Waals surface area contributed by atoms with Crippen LogP contribution in [0.15, 0.2) is 102 Å². The third kappa shape index (κ3) is 3.55. The number of nitrogens with zero attached hydrogens (tertiary/aromatic N) is 2. The van der Waals surface area contributed by atoms with Gasteiger partial charge in [0.05, 0.1) is 18.3 Å². The van der Waals surface area contributed by atoms with E-state index in [-0.39, 0.29) is 6.04 Å². The van der Waals surface area contributed by atoms with Crippen molar-refractivity contribution in [1.82, 2.24) is 0 Å². The summed E-state index contributed by atoms with van der Waals surface area (Å²) in [5.41, 5.74) is 3.44. The summed E-state index contributed by atoms with van der Waals surface area (Å²) in [7, 11) is 0. The van der Waals surface area contributed by atoms with Crippen LogP contribution in [-0.4, -0.2) is 12.4 Å². The first-order valence-electron chi connectivity index (χ1n) is 10.5. The fourth-order valence-electron chi connectivity index (χ4n) is 4.06. The van der Waals surface area contributed by atoms with Crippen molar-refractivity contribution in [2.45, 2.75) is 19.4 Å². The molecule has 0 radical (unpaired) electrons. The number of fused-ring (bicyclic) bond motifs is 1. The molecular formula is C27H24N2O. The Morgan fingerprint density at radius 2 is 1.57 bits per heavy atom. The van der Waals surface area contributed by atoms with Crippen LogP contribution in [0.25, 0.3) is 10.8 Å². The fraction of sp³-hybridized carbons (Fsp3) is 0.148. The number of anilines is 1. The molecule has 1 aliphatic heterocycles. The van der Waals surface area contributed by atoms with Gasteiger partial charge in [0.2, 0.25) is 0 Å². The summed E-state index contributed by atoms with van der Waals surface area (Å²) in [6.07, 6.45) is 0.917. The third-order valence-electron chi connectivity index (χ3n) is 5.56. The zero-order valence-corrected chi connectivity index (χ0v) is 17.0. The lowest BCUT2D eigenvalue weighted by molar-refractivity contribution is 0.340. The van der Waals surface area contributed by atoms with Gasteiger partial charge in [-0.25, -0.2) is 4.99 Å². The molecule has 1 aliphatic rings. The van der Waals surface area contributed by atoms with Gasteiger partial charge in [0, 0.05) is 12.1 Å². The molecule has 148 valence electrons. The molecular weight excluding hydrogens is 368 g/mol. The fourth-order valence-corrected chi connectivity index (χ4v) is 4.06. The number of ether oxygens (including phenoxy) is 1. The van der Waals surface area contributed by atoms with E-state index < -0.39 is 0 Å². The van der Waals surface area contributed by atoms with Gasteiger partial charge in [0.25, 0.3) is 0 Å². The number of hydrogen-bond acceptors (Lipinski definition) is 2. The Morgan fingerprint density at radius 1 is 0.833 bits per heavy atom. The number of benzene rings is 4. The summed E-state index contributed by atoms with van der Waals surface area (Å²) in [6, 6.07) is 34.1. The SMILES string of the molecule is CCOc1ccc(N2/C(=N/c3ccccc3)CC2c2ccc3ccccc3c2)cc1. The Labute approximate surface area is 177 Å². The van der Waals surface area contributed by atoms with Crippen molar-refractivity contribution in [3.05, 3.63) is 103 Å². The summed E-state index contributed by atoms with van der Waals surface area (Å²) >= 11 is 0. The highest BCUT2D eigenvalue weighted by Crippen LogP contribution is 2.41. The highest BCUT2D eigenvalue weighted by Gasteiger charge is 2.36. The predicted octanol–water partition coefficient (Wildman–Crippen LogP) is 6.92. The van der Waals surface area contributed by atoms with E-state index in [4.69, 9.17) is 9.73 Å². The summed E-state index contributed by atoms with van der Waals surface area (Å²) < 4.78 is 5.63. The molecule has 0 bridgehead atoms. The first kappa shape index (κ1) is 18.4. The average Bonchev–Trinajstić information content (AvgIpc) is 2.78. The standard InChI is InChI=1S/C27H24N2O/c1-2-30-25-16-14-24(15-17-25)29-26(19-27(29)28-23-10-4-3-5-11-23)22-13-12-20-8-6-7-9-21(20)18-22/h3-18,26H,2,19H2,1H3/b28-27+. The maximum Gasteiger partial charge on any atom is 0.119 e. The number of aliphatic imine (C=N–C) groups is 1. The molecule has 1 unspecified atom stereocenters. The van der Waals surface area contributed by atoms with Gasteiger partial charge in [-0.15, -0.1) is 0 Å². The van der Waals surface area contributed by atoms with Crippen molar-refractivity contribution < 1.29 is 4.74 Å². The summed E-state index contributed by atoms with van der Waals surface area (Å²) in [6.45, 7) is 2.67. The van der Waals surface area contributed by atoms with Crippen molar-refractivity contribution in [3.63, 3.8) is 0 Å². The first-order valence-corrected chi connectivity index (χ1v) is 10.5. The topological polar surface area (TPSA) is 24.8 Å². The number of para-hydroxylation sites is 1. The van der Waals surface area contributed by atoms with E-state index in [2.05, 4.69) is 59.5 Å². The molecule has 0 saturated carbocycles. The van der Waals surface area contributed by atoms with Crippen molar-refractivity contribution in [2.24, 2.45) is 4.99 Å². The average molecular weight is 393 g/mol. The molecule has 3 nitrogen and oxygen atoms in total. The quantitative estimate of drug-likeness (QED) is 0.368. The van der Waals surface area contributed by atoms with Crippen LogP contribution in [0.4, 0.5) is 11.4 Å². The van der Waals surface area contributed by atoms with Crippen LogP contribution in [0.1, 0.15) is 24.9 Å². The Balaban J connectivity index is 1.52. The van der Waals surface area contributed by atoms with Crippen LogP contribution < -0.4 is 9.64 Å². The maximum atomic E-state index is 5.63. The summed E-state index contributed by atoms with van der Waals surface area (Å²) in [4.78, 5) is 7.27. The molecule has 4 aromatic rings. The second-order valence-corrected chi connectivity index (χ2v) is 7.49. The van der Waals surface area contributed by atoms with E-state index in [1.807, 2.05) is 49.4 Å². The van der Waals surface area contributed by atoms with E-state index in [0.29, 0.717) is 6.61 Å². The minimum absolute atomic E-state index is 0.273. The van der Waals surface area contributed by atoms with Crippen molar-refractivity contribution in [1.29, 1.82) is 0 Å². The molecule has 0 N–H and O–H groups in total. The van der Waals surface area contributed by atoms with Crippen LogP contribution in [0.2, 0.25) is 0 Å². The summed E-state index contributed by atoms with van der Waals surface area (Å²) in [5.74, 6) is 1.98. The molecule has 3 heteroatoms. The van der Waals surface area contributed by atoms with Crippen molar-refractivity contribution in [3.8, 4) is 5.75 Å². The lowest BCUT2D eigenvalue weighted by Gasteiger charge is -2.44. The maximum absolute atomic E-state index is 5.63. The zero-order valence-electron chi connectivity index (χ0n) is 17.0. The second kappa shape index (κ2) is 8.03. The highest BCUT2D eigenvalue weighted by molar-refractivity contribution is 6.06. The first-order chi connectivity index (χ1) is 14.8. The molecule has 30 heavy (non-hydrogen) atoms. The van der Waals surface area contributed by atoms with Gasteiger partial charge in [-0.2, -0.15) is 0 Å². The molecule has 1 atom stereocenters. The third-order valence-corrected chi connectivity index (χ3v) is 5.56. The lowest BCUT2D eigenvalue weighted by Crippen LogP contribution is -2.46. The number of rotatable bonds is 5. The molecule has 0 spiro atoms. The van der Waals surface area contributed by atoms with E-state index >= 15 is 0 Å². The molecule has 1 heterocycles. The van der Waals surface area contributed by atoms with Crippen molar-refractivity contribution in [2.75, 3.05) is 11.5 Å². The van der Waals surface area contributed by atoms with Gasteiger partial charge in [-0.1, -0.05) is 54.6 Å². The normalized spacial score (nSPS) is 17.2. The minimum atomic E-state index is 0.273. The van der Waals surface area contributed by atoms with E-state index in [0.717, 1.165) is 29.4 Å². The van der Waals surface area contributed by atoms with E-state index in [9.17, 15) is 0 Å². The minimum Gasteiger partial charge on any atom is -0.494 e. The van der Waals surface area contributed by atoms with E-state index in [1.54, 1.807) is 0 Å². The van der Waals surface area contributed by atoms with Crippen LogP contribution in [0.3, 0.4) is 0 Å². The number of amidine groups is 1. The molecule has 0 amide bonds. The second-order valence-electron chi connectivity index (χ2n) is 7.49. The van der Waals surface area contributed by atoms with Crippen LogP contribution in [0, 0.1) is 0 Å². The molecule has 1 saturated heterocycles. The van der Waals surface area contributed by atoms with Crippen LogP contribution in [-0.2, 0) is 0 Å². The smallest absolute Gasteiger partial charge is 0.119 e. The highest BCUT2D eigenvalue weighted by atomic mass is 16.5. The Kier molecular flexibility index (Phi) is 4.94.